The highest BCUT2D eigenvalue weighted by molar-refractivity contribution is 7.98. The molecule has 0 amide bonds. The first kappa shape index (κ1) is 15.3. The zero-order chi connectivity index (χ0) is 13.8. The Hall–Kier alpha value is -0.790. The summed E-state index contributed by atoms with van der Waals surface area (Å²) in [4.78, 5) is -0.219. The van der Waals surface area contributed by atoms with Crippen LogP contribution in [0, 0.1) is 5.82 Å². The van der Waals surface area contributed by atoms with Gasteiger partial charge in [0.1, 0.15) is 5.82 Å². The van der Waals surface area contributed by atoms with Gasteiger partial charge >= 0.3 is 0 Å². The normalized spacial score (nSPS) is 13.3. The minimum atomic E-state index is -3.86. The molecule has 1 unspecified atom stereocenters. The second-order valence-corrected chi connectivity index (χ2v) is 6.36. The van der Waals surface area contributed by atoms with Crippen LogP contribution in [0.5, 0.6) is 0 Å². The van der Waals surface area contributed by atoms with Crippen LogP contribution in [-0.4, -0.2) is 26.5 Å². The van der Waals surface area contributed by atoms with Crippen molar-refractivity contribution in [2.24, 2.45) is 5.14 Å². The van der Waals surface area contributed by atoms with Crippen LogP contribution in [0.3, 0.4) is 0 Å². The van der Waals surface area contributed by atoms with Gasteiger partial charge in [-0.3, -0.25) is 0 Å². The van der Waals surface area contributed by atoms with Crippen molar-refractivity contribution in [1.82, 2.24) is 0 Å². The van der Waals surface area contributed by atoms with E-state index in [0.717, 1.165) is 18.2 Å². The molecule has 0 bridgehead atoms. The largest absolute Gasteiger partial charge is 0.379 e. The van der Waals surface area contributed by atoms with Crippen LogP contribution in [0.25, 0.3) is 0 Å². The van der Waals surface area contributed by atoms with Crippen LogP contribution in [0.2, 0.25) is 0 Å². The van der Waals surface area contributed by atoms with Crippen LogP contribution in [-0.2, 0) is 10.0 Å². The van der Waals surface area contributed by atoms with Crippen LogP contribution < -0.4 is 10.5 Å². The van der Waals surface area contributed by atoms with Crippen molar-refractivity contribution in [2.45, 2.75) is 24.3 Å². The third-order valence-corrected chi connectivity index (χ3v) is 4.14. The quantitative estimate of drug-likeness (QED) is 0.841. The van der Waals surface area contributed by atoms with Gasteiger partial charge in [-0.15, -0.1) is 0 Å². The molecule has 1 rings (SSSR count). The Morgan fingerprint density at radius 3 is 2.61 bits per heavy atom. The summed E-state index contributed by atoms with van der Waals surface area (Å²) in [7, 11) is -3.86. The second-order valence-electron chi connectivity index (χ2n) is 3.89. The molecular weight excluding hydrogens is 275 g/mol. The molecule has 7 heteroatoms. The van der Waals surface area contributed by atoms with Crippen molar-refractivity contribution in [2.75, 3.05) is 17.3 Å². The number of halogens is 1. The van der Waals surface area contributed by atoms with E-state index in [9.17, 15) is 12.8 Å². The van der Waals surface area contributed by atoms with E-state index in [2.05, 4.69) is 5.32 Å². The Kier molecular flexibility index (Phi) is 5.43. The monoisotopic (exact) mass is 292 g/mol. The smallest absolute Gasteiger partial charge is 0.238 e. The molecule has 0 spiro atoms. The number of hydrogen-bond donors (Lipinski definition) is 2. The molecule has 0 heterocycles. The minimum absolute atomic E-state index is 0.148. The van der Waals surface area contributed by atoms with Crippen molar-refractivity contribution in [3.63, 3.8) is 0 Å². The van der Waals surface area contributed by atoms with Crippen LogP contribution in [0.15, 0.2) is 23.1 Å². The SMILES string of the molecule is CCC(CSC)Nc1ccc(S(N)(=O)=O)cc1F. The van der Waals surface area contributed by atoms with Gasteiger partial charge < -0.3 is 5.32 Å². The maximum Gasteiger partial charge on any atom is 0.238 e. The fourth-order valence-corrected chi connectivity index (χ4v) is 2.72. The molecule has 4 nitrogen and oxygen atoms in total. The third-order valence-electron chi connectivity index (χ3n) is 2.49. The fourth-order valence-electron chi connectivity index (χ4n) is 1.47. The highest BCUT2D eigenvalue weighted by Gasteiger charge is 2.13. The van der Waals surface area contributed by atoms with Crippen LogP contribution in [0.1, 0.15) is 13.3 Å². The Labute approximate surface area is 111 Å². The maximum atomic E-state index is 13.7. The zero-order valence-corrected chi connectivity index (χ0v) is 11.9. The lowest BCUT2D eigenvalue weighted by Crippen LogP contribution is -2.22. The molecule has 1 aromatic rings. The van der Waals surface area contributed by atoms with Gasteiger partial charge in [-0.05, 0) is 30.9 Å². The van der Waals surface area contributed by atoms with Crippen molar-refractivity contribution in [3.8, 4) is 0 Å². The topological polar surface area (TPSA) is 72.2 Å². The molecule has 1 aromatic carbocycles. The number of nitrogens with two attached hydrogens (primary N) is 1. The Morgan fingerprint density at radius 1 is 1.50 bits per heavy atom. The third kappa shape index (κ3) is 4.15. The predicted octanol–water partition coefficient (Wildman–Crippen LogP) is 2.03. The van der Waals surface area contributed by atoms with Crippen molar-refractivity contribution < 1.29 is 12.8 Å². The summed E-state index contributed by atoms with van der Waals surface area (Å²) < 4.78 is 35.9. The molecule has 0 radical (unpaired) electrons. The number of sulfonamides is 1. The summed E-state index contributed by atoms with van der Waals surface area (Å²) in [6, 6.07) is 3.78. The highest BCUT2D eigenvalue weighted by Crippen LogP contribution is 2.20. The van der Waals surface area contributed by atoms with Crippen molar-refractivity contribution in [1.29, 1.82) is 0 Å². The highest BCUT2D eigenvalue weighted by atomic mass is 32.2. The Morgan fingerprint density at radius 2 is 2.17 bits per heavy atom. The van der Waals surface area contributed by atoms with Crippen LogP contribution >= 0.6 is 11.8 Å². The first-order chi connectivity index (χ1) is 8.38. The lowest BCUT2D eigenvalue weighted by atomic mass is 10.2. The van der Waals surface area contributed by atoms with E-state index >= 15 is 0 Å². The van der Waals surface area contributed by atoms with Crippen molar-refractivity contribution >= 4 is 27.5 Å². The van der Waals surface area contributed by atoms with Crippen molar-refractivity contribution in [3.05, 3.63) is 24.0 Å². The fraction of sp³-hybridized carbons (Fsp3) is 0.455. The summed E-state index contributed by atoms with van der Waals surface area (Å²) >= 11 is 1.67. The average Bonchev–Trinajstić information content (AvgIpc) is 2.29. The molecular formula is C11H17FN2O2S2. The summed E-state index contributed by atoms with van der Waals surface area (Å²) in [5, 5.41) is 7.98. The van der Waals surface area contributed by atoms with E-state index < -0.39 is 15.8 Å². The molecule has 18 heavy (non-hydrogen) atoms. The van der Waals surface area contributed by atoms with E-state index in [0.29, 0.717) is 5.69 Å². The molecule has 0 aromatic heterocycles. The molecule has 0 aliphatic heterocycles. The van der Waals surface area contributed by atoms with E-state index in [-0.39, 0.29) is 10.9 Å². The maximum absolute atomic E-state index is 13.7. The van der Waals surface area contributed by atoms with E-state index in [1.807, 2.05) is 13.2 Å². The van der Waals surface area contributed by atoms with Crippen LogP contribution in [0.4, 0.5) is 10.1 Å². The molecule has 0 saturated carbocycles. The first-order valence-corrected chi connectivity index (χ1v) is 8.40. The molecule has 1 atom stereocenters. The number of hydrogen-bond acceptors (Lipinski definition) is 4. The van der Waals surface area contributed by atoms with Gasteiger partial charge in [-0.1, -0.05) is 6.92 Å². The van der Waals surface area contributed by atoms with Gasteiger partial charge in [0.2, 0.25) is 10.0 Å². The number of primary sulfonamides is 1. The lowest BCUT2D eigenvalue weighted by molar-refractivity contribution is 0.592. The molecule has 0 saturated heterocycles. The second kappa shape index (κ2) is 6.40. The predicted molar refractivity (Wildman–Crippen MR) is 73.9 cm³/mol. The number of benzene rings is 1. The average molecular weight is 292 g/mol. The number of thioether (sulfide) groups is 1. The summed E-state index contributed by atoms with van der Waals surface area (Å²) in [6.45, 7) is 2.00. The minimum Gasteiger partial charge on any atom is -0.379 e. The molecule has 102 valence electrons. The van der Waals surface area contributed by atoms with Gasteiger partial charge in [0.05, 0.1) is 10.6 Å². The number of rotatable bonds is 6. The van der Waals surface area contributed by atoms with E-state index in [4.69, 9.17) is 5.14 Å². The van der Waals surface area contributed by atoms with E-state index in [1.165, 1.54) is 12.1 Å². The molecule has 3 N–H and O–H groups in total. The standard InChI is InChI=1S/C11H17FN2O2S2/c1-3-8(7-17-2)14-11-5-4-9(6-10(11)12)18(13,15)16/h4-6,8,14H,3,7H2,1-2H3,(H2,13,15,16). The number of nitrogens with one attached hydrogen (secondary N) is 1. The summed E-state index contributed by atoms with van der Waals surface area (Å²) in [5.41, 5.74) is 0.295. The molecule has 0 fully saturated rings. The Bertz CT molecular complexity index is 506. The molecule has 0 aliphatic rings. The number of anilines is 1. The van der Waals surface area contributed by atoms with Gasteiger partial charge in [0.15, 0.2) is 0 Å². The van der Waals surface area contributed by atoms with Gasteiger partial charge in [0.25, 0.3) is 0 Å². The van der Waals surface area contributed by atoms with Gasteiger partial charge in [-0.25, -0.2) is 17.9 Å². The molecule has 0 aliphatic carbocycles. The lowest BCUT2D eigenvalue weighted by Gasteiger charge is -2.17. The summed E-state index contributed by atoms with van der Waals surface area (Å²) in [6.07, 6.45) is 2.84. The van der Waals surface area contributed by atoms with Gasteiger partial charge in [0, 0.05) is 11.8 Å². The van der Waals surface area contributed by atoms with Gasteiger partial charge in [-0.2, -0.15) is 11.8 Å². The van der Waals surface area contributed by atoms with E-state index in [1.54, 1.807) is 11.8 Å². The first-order valence-electron chi connectivity index (χ1n) is 5.46. The summed E-state index contributed by atoms with van der Waals surface area (Å²) in [5.74, 6) is 0.244. The Balaban J connectivity index is 2.92. The zero-order valence-electron chi connectivity index (χ0n) is 10.3.